The second kappa shape index (κ2) is 12.4. The highest BCUT2D eigenvalue weighted by Gasteiger charge is 2.48. The Hall–Kier alpha value is -4.49. The van der Waals surface area contributed by atoms with Crippen LogP contribution in [-0.2, 0) is 32.4 Å². The van der Waals surface area contributed by atoms with Crippen molar-refractivity contribution in [1.82, 2.24) is 4.13 Å². The van der Waals surface area contributed by atoms with E-state index in [0.29, 0.717) is 4.13 Å². The summed E-state index contributed by atoms with van der Waals surface area (Å²) in [5, 5.41) is 8.37. The van der Waals surface area contributed by atoms with Gasteiger partial charge >= 0.3 is 27.9 Å². The number of nitrogens with one attached hydrogen (secondary N) is 4. The SMILES string of the molecule is O=S(=O)(NS(=O)(=O)C(F)(F)F)c1ccc(Nc2cc(Nc3cccc(C(F)(F)F)c3)cc(Nc3cccc(C(F)(F)F)c3)c2)cc1. The van der Waals surface area contributed by atoms with Crippen molar-refractivity contribution < 1.29 is 56.3 Å². The van der Waals surface area contributed by atoms with E-state index < -0.39 is 53.9 Å². The van der Waals surface area contributed by atoms with Gasteiger partial charge in [0.15, 0.2) is 0 Å². The fraction of sp³-hybridized carbons (Fsp3) is 0.111. The molecule has 246 valence electrons. The Morgan fingerprint density at radius 1 is 0.457 bits per heavy atom. The first-order chi connectivity index (χ1) is 21.1. The maximum absolute atomic E-state index is 13.2. The summed E-state index contributed by atoms with van der Waals surface area (Å²) in [5.41, 5.74) is -7.21. The van der Waals surface area contributed by atoms with Crippen LogP contribution >= 0.6 is 0 Å². The Bertz CT molecular complexity index is 1870. The minimum Gasteiger partial charge on any atom is -0.355 e. The molecular weight excluding hydrogens is 679 g/mol. The van der Waals surface area contributed by atoms with Crippen LogP contribution in [0.15, 0.2) is 95.9 Å². The third kappa shape index (κ3) is 8.61. The second-order valence-corrected chi connectivity index (χ2v) is 13.0. The molecule has 46 heavy (non-hydrogen) atoms. The summed E-state index contributed by atoms with van der Waals surface area (Å²) >= 11 is 0. The molecule has 0 saturated heterocycles. The van der Waals surface area contributed by atoms with E-state index in [1.54, 1.807) is 0 Å². The van der Waals surface area contributed by atoms with Crippen LogP contribution in [0.1, 0.15) is 11.1 Å². The Kier molecular flexibility index (Phi) is 9.24. The predicted octanol–water partition coefficient (Wildman–Crippen LogP) is 8.08. The maximum Gasteiger partial charge on any atom is 0.512 e. The molecule has 0 aliphatic carbocycles. The van der Waals surface area contributed by atoms with Crippen molar-refractivity contribution in [2.75, 3.05) is 16.0 Å². The average Bonchev–Trinajstić information content (AvgIpc) is 2.91. The van der Waals surface area contributed by atoms with Crippen molar-refractivity contribution in [1.29, 1.82) is 0 Å². The van der Waals surface area contributed by atoms with Gasteiger partial charge in [-0.15, -0.1) is 0 Å². The molecule has 4 aromatic carbocycles. The molecule has 0 radical (unpaired) electrons. The van der Waals surface area contributed by atoms with Crippen LogP contribution in [0.5, 0.6) is 0 Å². The van der Waals surface area contributed by atoms with Gasteiger partial charge in [-0.05, 0) is 78.9 Å². The molecule has 0 saturated carbocycles. The molecule has 0 aliphatic heterocycles. The predicted molar refractivity (Wildman–Crippen MR) is 151 cm³/mol. The lowest BCUT2D eigenvalue weighted by molar-refractivity contribution is -0.138. The van der Waals surface area contributed by atoms with Crippen LogP contribution in [0.2, 0.25) is 0 Å². The van der Waals surface area contributed by atoms with Crippen molar-refractivity contribution in [3.05, 3.63) is 102 Å². The van der Waals surface area contributed by atoms with Crippen LogP contribution in [0, 0.1) is 0 Å². The van der Waals surface area contributed by atoms with Crippen LogP contribution in [0.4, 0.5) is 73.6 Å². The number of hydrogen-bond acceptors (Lipinski definition) is 7. The molecule has 0 amide bonds. The van der Waals surface area contributed by atoms with E-state index in [2.05, 4.69) is 16.0 Å². The summed E-state index contributed by atoms with van der Waals surface area (Å²) in [4.78, 5) is -0.835. The fourth-order valence-corrected chi connectivity index (χ4v) is 6.26. The number of alkyl halides is 9. The van der Waals surface area contributed by atoms with E-state index in [4.69, 9.17) is 0 Å². The Morgan fingerprint density at radius 2 is 0.848 bits per heavy atom. The van der Waals surface area contributed by atoms with Crippen molar-refractivity contribution in [3.8, 4) is 0 Å². The van der Waals surface area contributed by atoms with Crippen LogP contribution < -0.4 is 20.1 Å². The number of rotatable bonds is 9. The molecule has 4 rings (SSSR count). The van der Waals surface area contributed by atoms with Crippen molar-refractivity contribution in [2.24, 2.45) is 0 Å². The van der Waals surface area contributed by atoms with E-state index in [0.717, 1.165) is 60.7 Å². The first kappa shape index (κ1) is 34.4. The van der Waals surface area contributed by atoms with Crippen LogP contribution in [-0.4, -0.2) is 22.3 Å². The lowest BCUT2D eigenvalue weighted by Gasteiger charge is -2.16. The molecule has 4 N–H and O–H groups in total. The third-order valence-electron chi connectivity index (χ3n) is 5.87. The van der Waals surface area contributed by atoms with Gasteiger partial charge in [0.25, 0.3) is 10.0 Å². The summed E-state index contributed by atoms with van der Waals surface area (Å²) < 4.78 is 165. The van der Waals surface area contributed by atoms with Crippen LogP contribution in [0.25, 0.3) is 0 Å². The van der Waals surface area contributed by atoms with E-state index >= 15 is 0 Å². The van der Waals surface area contributed by atoms with Gasteiger partial charge < -0.3 is 16.0 Å². The van der Waals surface area contributed by atoms with Crippen LogP contribution in [0.3, 0.4) is 0 Å². The topological polar surface area (TPSA) is 116 Å². The number of sulfonamides is 2. The van der Waals surface area contributed by atoms with Crippen molar-refractivity contribution in [3.63, 3.8) is 0 Å². The molecule has 0 bridgehead atoms. The summed E-state index contributed by atoms with van der Waals surface area (Å²) in [7, 11) is -11.4. The van der Waals surface area contributed by atoms with Gasteiger partial charge in [0.05, 0.1) is 16.0 Å². The van der Waals surface area contributed by atoms with Gasteiger partial charge in [0.2, 0.25) is 0 Å². The second-order valence-electron chi connectivity index (χ2n) is 9.39. The molecule has 19 heteroatoms. The quantitative estimate of drug-likeness (QED) is 0.131. The summed E-state index contributed by atoms with van der Waals surface area (Å²) in [5.74, 6) is 0. The highest BCUT2D eigenvalue weighted by molar-refractivity contribution is 8.05. The van der Waals surface area contributed by atoms with E-state index in [1.165, 1.54) is 30.3 Å². The highest BCUT2D eigenvalue weighted by Crippen LogP contribution is 2.35. The van der Waals surface area contributed by atoms with Gasteiger partial charge in [-0.25, -0.2) is 16.8 Å². The zero-order valence-corrected chi connectivity index (χ0v) is 24.1. The molecule has 0 fully saturated rings. The molecule has 0 heterocycles. The molecule has 0 aromatic heterocycles. The molecule has 0 atom stereocenters. The Morgan fingerprint density at radius 3 is 1.22 bits per heavy atom. The lowest BCUT2D eigenvalue weighted by Crippen LogP contribution is -2.40. The lowest BCUT2D eigenvalue weighted by atomic mass is 10.1. The Balaban J connectivity index is 1.66. The first-order valence-corrected chi connectivity index (χ1v) is 15.3. The summed E-state index contributed by atoms with van der Waals surface area (Å²) in [6.45, 7) is 0. The smallest absolute Gasteiger partial charge is 0.355 e. The number of anilines is 6. The fourth-order valence-electron chi connectivity index (χ4n) is 3.85. The van der Waals surface area contributed by atoms with E-state index in [-0.39, 0.29) is 34.1 Å². The van der Waals surface area contributed by atoms with E-state index in [9.17, 15) is 56.3 Å². The van der Waals surface area contributed by atoms with Gasteiger partial charge in [-0.3, -0.25) is 0 Å². The maximum atomic E-state index is 13.2. The standard InChI is InChI=1S/C27H19F9N4O4S2/c28-25(29,30)16-3-1-5-19(11-16)38-22-13-21(14-23(15-22)39-20-6-2-4-17(12-20)26(31,32)33)37-18-7-9-24(10-8-18)45(41,42)40-46(43,44)27(34,35)36/h1-15,37-40H. The van der Waals surface area contributed by atoms with Crippen molar-refractivity contribution >= 4 is 54.2 Å². The molecule has 4 aromatic rings. The number of hydrogen-bond donors (Lipinski definition) is 4. The van der Waals surface area contributed by atoms with Crippen molar-refractivity contribution in [2.45, 2.75) is 22.8 Å². The summed E-state index contributed by atoms with van der Waals surface area (Å²) in [6, 6.07) is 16.2. The minimum absolute atomic E-state index is 0.00728. The number of benzene rings is 4. The minimum atomic E-state index is -6.24. The van der Waals surface area contributed by atoms with Gasteiger partial charge in [-0.2, -0.15) is 39.5 Å². The zero-order valence-electron chi connectivity index (χ0n) is 22.5. The largest absolute Gasteiger partial charge is 0.512 e. The third-order valence-corrected chi connectivity index (χ3v) is 9.13. The molecule has 0 unspecified atom stereocenters. The average molecular weight is 699 g/mol. The van der Waals surface area contributed by atoms with E-state index in [1.807, 2.05) is 0 Å². The molecular formula is C27H19F9N4O4S2. The first-order valence-electron chi connectivity index (χ1n) is 12.4. The zero-order chi connectivity index (χ0) is 34.1. The van der Waals surface area contributed by atoms with Gasteiger partial charge in [0.1, 0.15) is 0 Å². The van der Waals surface area contributed by atoms with Gasteiger partial charge in [-0.1, -0.05) is 16.3 Å². The van der Waals surface area contributed by atoms with Gasteiger partial charge in [0, 0.05) is 34.1 Å². The monoisotopic (exact) mass is 698 g/mol. The highest BCUT2D eigenvalue weighted by atomic mass is 32.3. The normalized spacial score (nSPS) is 12.9. The summed E-state index contributed by atoms with van der Waals surface area (Å²) in [6.07, 6.45) is -9.30. The number of halogens is 9. The molecule has 8 nitrogen and oxygen atoms in total. The molecule has 0 aliphatic rings. The Labute approximate surface area is 255 Å². The molecule has 0 spiro atoms.